The molecule has 1 N–H and O–H groups in total. The third-order valence-corrected chi connectivity index (χ3v) is 3.65. The third kappa shape index (κ3) is 3.68. The molecule has 98 valence electrons. The van der Waals surface area contributed by atoms with Gasteiger partial charge in [0.1, 0.15) is 0 Å². The molecule has 4 nitrogen and oxygen atoms in total. The van der Waals surface area contributed by atoms with Gasteiger partial charge in [0.2, 0.25) is 5.91 Å². The molecular formula is C13H25N3O. The van der Waals surface area contributed by atoms with E-state index in [0.717, 1.165) is 58.7 Å². The van der Waals surface area contributed by atoms with Crippen molar-refractivity contribution in [2.24, 2.45) is 5.41 Å². The number of amides is 1. The van der Waals surface area contributed by atoms with Crippen molar-refractivity contribution in [1.82, 2.24) is 15.1 Å². The third-order valence-electron chi connectivity index (χ3n) is 3.65. The van der Waals surface area contributed by atoms with Gasteiger partial charge >= 0.3 is 0 Å². The van der Waals surface area contributed by atoms with Gasteiger partial charge in [-0.05, 0) is 11.8 Å². The lowest BCUT2D eigenvalue weighted by atomic mass is 9.91. The maximum absolute atomic E-state index is 11.6. The second-order valence-electron chi connectivity index (χ2n) is 6.11. The molecule has 0 radical (unpaired) electrons. The summed E-state index contributed by atoms with van der Waals surface area (Å²) in [4.78, 5) is 16.2. The zero-order chi connectivity index (χ0) is 12.3. The zero-order valence-corrected chi connectivity index (χ0v) is 11.2. The summed E-state index contributed by atoms with van der Waals surface area (Å²) in [6.45, 7) is 12.0. The molecule has 2 saturated heterocycles. The zero-order valence-electron chi connectivity index (χ0n) is 11.2. The summed E-state index contributed by atoms with van der Waals surface area (Å²) < 4.78 is 0. The van der Waals surface area contributed by atoms with Gasteiger partial charge in [0, 0.05) is 52.2 Å². The van der Waals surface area contributed by atoms with Gasteiger partial charge in [-0.3, -0.25) is 4.79 Å². The van der Waals surface area contributed by atoms with Gasteiger partial charge in [-0.2, -0.15) is 0 Å². The lowest BCUT2D eigenvalue weighted by Gasteiger charge is -2.37. The van der Waals surface area contributed by atoms with Crippen LogP contribution in [0.15, 0.2) is 0 Å². The van der Waals surface area contributed by atoms with Crippen molar-refractivity contribution in [2.45, 2.75) is 26.7 Å². The van der Waals surface area contributed by atoms with Crippen molar-refractivity contribution >= 4 is 5.91 Å². The highest BCUT2D eigenvalue weighted by Crippen LogP contribution is 2.22. The highest BCUT2D eigenvalue weighted by molar-refractivity contribution is 5.78. The van der Waals surface area contributed by atoms with Gasteiger partial charge in [-0.25, -0.2) is 0 Å². The van der Waals surface area contributed by atoms with E-state index >= 15 is 0 Å². The van der Waals surface area contributed by atoms with E-state index in [1.807, 2.05) is 4.90 Å². The van der Waals surface area contributed by atoms with Crippen LogP contribution in [0.4, 0.5) is 0 Å². The van der Waals surface area contributed by atoms with Crippen molar-refractivity contribution in [1.29, 1.82) is 0 Å². The number of carbonyl (C=O) groups excluding carboxylic acids is 1. The molecule has 0 aliphatic carbocycles. The normalized spacial score (nSPS) is 23.4. The SMILES string of the molecule is CC(C)(CN1CCNCC1)CN1CCCC1=O. The Morgan fingerprint density at radius 1 is 1.18 bits per heavy atom. The summed E-state index contributed by atoms with van der Waals surface area (Å²) in [6.07, 6.45) is 1.80. The first kappa shape index (κ1) is 12.8. The van der Waals surface area contributed by atoms with Gasteiger partial charge in [-0.15, -0.1) is 0 Å². The Morgan fingerprint density at radius 2 is 1.88 bits per heavy atom. The van der Waals surface area contributed by atoms with Gasteiger partial charge in [0.15, 0.2) is 0 Å². The number of hydrogen-bond acceptors (Lipinski definition) is 3. The molecule has 2 heterocycles. The molecule has 2 fully saturated rings. The topological polar surface area (TPSA) is 35.6 Å². The number of likely N-dealkylation sites (tertiary alicyclic amines) is 1. The lowest BCUT2D eigenvalue weighted by Crippen LogP contribution is -2.49. The molecule has 0 aromatic rings. The predicted octanol–water partition coefficient (Wildman–Crippen LogP) is 0.540. The first-order chi connectivity index (χ1) is 8.07. The van der Waals surface area contributed by atoms with E-state index in [-0.39, 0.29) is 5.41 Å². The van der Waals surface area contributed by atoms with Crippen LogP contribution in [-0.4, -0.2) is 61.5 Å². The Balaban J connectivity index is 1.82. The maximum Gasteiger partial charge on any atom is 0.222 e. The molecule has 0 atom stereocenters. The summed E-state index contributed by atoms with van der Waals surface area (Å²) in [6, 6.07) is 0. The molecule has 17 heavy (non-hydrogen) atoms. The van der Waals surface area contributed by atoms with Gasteiger partial charge < -0.3 is 15.1 Å². The molecule has 2 aliphatic heterocycles. The van der Waals surface area contributed by atoms with Crippen LogP contribution in [0.3, 0.4) is 0 Å². The highest BCUT2D eigenvalue weighted by atomic mass is 16.2. The summed E-state index contributed by atoms with van der Waals surface area (Å²) in [7, 11) is 0. The Morgan fingerprint density at radius 3 is 2.47 bits per heavy atom. The van der Waals surface area contributed by atoms with E-state index in [2.05, 4.69) is 24.1 Å². The first-order valence-corrected chi connectivity index (χ1v) is 6.78. The standard InChI is InChI=1S/C13H25N3O/c1-13(2,10-15-8-5-14-6-9-15)11-16-7-3-4-12(16)17/h14H,3-11H2,1-2H3. The summed E-state index contributed by atoms with van der Waals surface area (Å²) in [5.74, 6) is 0.346. The fourth-order valence-corrected chi connectivity index (χ4v) is 2.91. The lowest BCUT2D eigenvalue weighted by molar-refractivity contribution is -0.129. The Bertz CT molecular complexity index is 272. The Labute approximate surface area is 104 Å². The van der Waals surface area contributed by atoms with Crippen molar-refractivity contribution < 1.29 is 4.79 Å². The first-order valence-electron chi connectivity index (χ1n) is 6.78. The van der Waals surface area contributed by atoms with E-state index in [0.29, 0.717) is 5.91 Å². The smallest absolute Gasteiger partial charge is 0.222 e. The minimum atomic E-state index is 0.206. The highest BCUT2D eigenvalue weighted by Gasteiger charge is 2.29. The predicted molar refractivity (Wildman–Crippen MR) is 68.9 cm³/mol. The fraction of sp³-hybridized carbons (Fsp3) is 0.923. The molecule has 0 bridgehead atoms. The van der Waals surface area contributed by atoms with Gasteiger partial charge in [-0.1, -0.05) is 13.8 Å². The van der Waals surface area contributed by atoms with Crippen LogP contribution in [0.25, 0.3) is 0 Å². The molecule has 0 spiro atoms. The number of rotatable bonds is 4. The largest absolute Gasteiger partial charge is 0.342 e. The van der Waals surface area contributed by atoms with Gasteiger partial charge in [0.05, 0.1) is 0 Å². The van der Waals surface area contributed by atoms with Crippen molar-refractivity contribution in [3.8, 4) is 0 Å². The maximum atomic E-state index is 11.6. The number of carbonyl (C=O) groups is 1. The average Bonchev–Trinajstić information content (AvgIpc) is 2.64. The van der Waals surface area contributed by atoms with Crippen LogP contribution in [-0.2, 0) is 4.79 Å². The molecule has 2 aliphatic rings. The molecular weight excluding hydrogens is 214 g/mol. The summed E-state index contributed by atoms with van der Waals surface area (Å²) in [5, 5.41) is 3.37. The van der Waals surface area contributed by atoms with E-state index < -0.39 is 0 Å². The molecule has 2 rings (SSSR count). The molecule has 4 heteroatoms. The van der Waals surface area contributed by atoms with Crippen LogP contribution >= 0.6 is 0 Å². The van der Waals surface area contributed by atoms with Crippen molar-refractivity contribution in [2.75, 3.05) is 45.8 Å². The number of nitrogens with zero attached hydrogens (tertiary/aromatic N) is 2. The second-order valence-corrected chi connectivity index (χ2v) is 6.11. The van der Waals surface area contributed by atoms with Crippen LogP contribution in [0, 0.1) is 5.41 Å². The van der Waals surface area contributed by atoms with Crippen LogP contribution < -0.4 is 5.32 Å². The number of hydrogen-bond donors (Lipinski definition) is 1. The van der Waals surface area contributed by atoms with Crippen LogP contribution in [0.5, 0.6) is 0 Å². The van der Waals surface area contributed by atoms with Crippen LogP contribution in [0.2, 0.25) is 0 Å². The fourth-order valence-electron chi connectivity index (χ4n) is 2.91. The molecule has 0 aromatic carbocycles. The van der Waals surface area contributed by atoms with Crippen molar-refractivity contribution in [3.05, 3.63) is 0 Å². The Kier molecular flexibility index (Phi) is 4.05. The number of piperazine rings is 1. The molecule has 0 saturated carbocycles. The molecule has 0 unspecified atom stereocenters. The van der Waals surface area contributed by atoms with Gasteiger partial charge in [0.25, 0.3) is 0 Å². The average molecular weight is 239 g/mol. The minimum absolute atomic E-state index is 0.206. The summed E-state index contributed by atoms with van der Waals surface area (Å²) in [5.41, 5.74) is 0.206. The van der Waals surface area contributed by atoms with E-state index in [4.69, 9.17) is 0 Å². The van der Waals surface area contributed by atoms with Crippen molar-refractivity contribution in [3.63, 3.8) is 0 Å². The number of nitrogens with one attached hydrogen (secondary N) is 1. The van der Waals surface area contributed by atoms with Crippen LogP contribution in [0.1, 0.15) is 26.7 Å². The minimum Gasteiger partial charge on any atom is -0.342 e. The second kappa shape index (κ2) is 5.36. The molecule has 0 aromatic heterocycles. The quantitative estimate of drug-likeness (QED) is 0.778. The monoisotopic (exact) mass is 239 g/mol. The molecule has 1 amide bonds. The van der Waals surface area contributed by atoms with E-state index in [1.54, 1.807) is 0 Å². The summed E-state index contributed by atoms with van der Waals surface area (Å²) >= 11 is 0. The van der Waals surface area contributed by atoms with E-state index in [9.17, 15) is 4.79 Å². The van der Waals surface area contributed by atoms with E-state index in [1.165, 1.54) is 0 Å². The Hall–Kier alpha value is -0.610.